The Labute approximate surface area is 646 Å². The van der Waals surface area contributed by atoms with E-state index in [1.807, 2.05) is 91.8 Å². The Bertz CT molecular complexity index is 7700. The van der Waals surface area contributed by atoms with Crippen molar-refractivity contribution < 1.29 is 0 Å². The van der Waals surface area contributed by atoms with Gasteiger partial charge in [-0.2, -0.15) is 0 Å². The molecule has 0 aliphatic heterocycles. The Morgan fingerprint density at radius 1 is 0.189 bits per heavy atom. The molecule has 0 aliphatic rings. The normalized spacial score (nSPS) is 11.8. The van der Waals surface area contributed by atoms with E-state index in [1.165, 1.54) is 137 Å². The van der Waals surface area contributed by atoms with E-state index < -0.39 is 0 Å². The molecule has 12 aromatic heterocycles. The molecule has 0 bridgehead atoms. The fourth-order valence-electron chi connectivity index (χ4n) is 16.6. The lowest BCUT2D eigenvalue weighted by Gasteiger charge is -2.09. The van der Waals surface area contributed by atoms with Crippen molar-refractivity contribution in [2.24, 2.45) is 0 Å². The second-order valence-electron chi connectivity index (χ2n) is 27.4. The van der Waals surface area contributed by atoms with Crippen LogP contribution >= 0.6 is 34.0 Å². The highest BCUT2D eigenvalue weighted by Crippen LogP contribution is 2.47. The van der Waals surface area contributed by atoms with Gasteiger partial charge in [0.05, 0.1) is 102 Å². The maximum Gasteiger partial charge on any atom is 0.143 e. The molecule has 0 saturated carbocycles. The van der Waals surface area contributed by atoms with Crippen LogP contribution in [0.3, 0.4) is 0 Å². The van der Waals surface area contributed by atoms with Crippen molar-refractivity contribution in [3.05, 3.63) is 365 Å². The summed E-state index contributed by atoms with van der Waals surface area (Å²) >= 11 is 5.01. The van der Waals surface area contributed by atoms with Crippen LogP contribution in [0.5, 0.6) is 0 Å². The van der Waals surface area contributed by atoms with E-state index in [9.17, 15) is 0 Å². The lowest BCUT2D eigenvalue weighted by atomic mass is 10.1. The Morgan fingerprint density at radius 3 is 0.901 bits per heavy atom. The first-order chi connectivity index (χ1) is 55.1. The number of benzene rings is 12. The summed E-state index contributed by atoms with van der Waals surface area (Å²) in [4.78, 5) is 27.8. The van der Waals surface area contributed by atoms with E-state index in [4.69, 9.17) is 15.0 Å². The fraction of sp³-hybridized carbons (Fsp3) is 0. The number of fused-ring (bicyclic) bond motifs is 20. The highest BCUT2D eigenvalue weighted by molar-refractivity contribution is 7.18. The monoisotopic (exact) mass is 1480 g/mol. The van der Waals surface area contributed by atoms with Crippen LogP contribution in [0.1, 0.15) is 0 Å². The van der Waals surface area contributed by atoms with Crippen molar-refractivity contribution in [3.8, 4) is 64.2 Å². The van der Waals surface area contributed by atoms with Gasteiger partial charge in [-0.25, -0.2) is 15.0 Å². The maximum atomic E-state index is 4.78. The molecule has 522 valence electrons. The summed E-state index contributed by atoms with van der Waals surface area (Å²) in [6.45, 7) is 0. The number of pyridine rings is 3. The molecular weight excluding hydrogens is 1420 g/mol. The van der Waals surface area contributed by atoms with Crippen molar-refractivity contribution in [1.82, 2.24) is 57.3 Å². The zero-order valence-electron chi connectivity index (χ0n) is 59.2. The van der Waals surface area contributed by atoms with E-state index in [0.717, 1.165) is 58.5 Å². The SMILES string of the molecule is c1ccc(-n2c3ccccc3c3c2ccc2c4ccccc4n(-c4cnc(-c5ccccn5)s4)c23)cc1.c1ccc(-n2c3ccccc3c3cc4c(cc32)c2ccccc2n4-c2cnc(-c3ccccn3)s2)cc1.c1ccc(-n2c3ccccc3c3ccc4c(c5ccccc5n4-c4cnc(-c5ccccn5)s4)c32)cc1. The summed E-state index contributed by atoms with van der Waals surface area (Å²) in [6, 6.07) is 116. The van der Waals surface area contributed by atoms with Crippen molar-refractivity contribution >= 4 is 165 Å². The van der Waals surface area contributed by atoms with Gasteiger partial charge in [0.2, 0.25) is 0 Å². The van der Waals surface area contributed by atoms with E-state index in [-0.39, 0.29) is 0 Å². The Morgan fingerprint density at radius 2 is 0.477 bits per heavy atom. The number of aromatic nitrogens is 12. The first-order valence-electron chi connectivity index (χ1n) is 36.8. The van der Waals surface area contributed by atoms with Gasteiger partial charge in [-0.15, -0.1) is 0 Å². The zero-order valence-corrected chi connectivity index (χ0v) is 61.7. The topological polar surface area (TPSA) is 107 Å². The molecule has 0 amide bonds. The summed E-state index contributed by atoms with van der Waals surface area (Å²) in [7, 11) is 0. The van der Waals surface area contributed by atoms with Crippen molar-refractivity contribution in [2.75, 3.05) is 0 Å². The van der Waals surface area contributed by atoms with E-state index in [1.54, 1.807) is 34.0 Å². The first-order valence-corrected chi connectivity index (χ1v) is 39.2. The smallest absolute Gasteiger partial charge is 0.143 e. The van der Waals surface area contributed by atoms with Crippen molar-refractivity contribution in [1.29, 1.82) is 0 Å². The number of para-hydroxylation sites is 9. The predicted molar refractivity (Wildman–Crippen MR) is 462 cm³/mol. The largest absolute Gasteiger partial charge is 0.309 e. The third-order valence-corrected chi connectivity index (χ3v) is 24.3. The number of thiazole rings is 3. The van der Waals surface area contributed by atoms with Gasteiger partial charge in [0, 0.05) is 100 Å². The molecule has 12 heterocycles. The van der Waals surface area contributed by atoms with Gasteiger partial charge in [-0.1, -0.05) is 228 Å². The molecule has 0 spiro atoms. The molecule has 111 heavy (non-hydrogen) atoms. The summed E-state index contributed by atoms with van der Waals surface area (Å²) in [6.07, 6.45) is 11.4. The Kier molecular flexibility index (Phi) is 15.2. The molecule has 0 radical (unpaired) electrons. The van der Waals surface area contributed by atoms with Gasteiger partial charge in [0.15, 0.2) is 0 Å². The Hall–Kier alpha value is -14.2. The lowest BCUT2D eigenvalue weighted by molar-refractivity contribution is 1.18. The van der Waals surface area contributed by atoms with Gasteiger partial charge in [-0.05, 0) is 133 Å². The average Bonchev–Trinajstić information content (AvgIpc) is 1.60. The van der Waals surface area contributed by atoms with Crippen molar-refractivity contribution in [2.45, 2.75) is 0 Å². The van der Waals surface area contributed by atoms with Crippen LogP contribution in [0, 0.1) is 0 Å². The van der Waals surface area contributed by atoms with Gasteiger partial charge >= 0.3 is 0 Å². The molecule has 0 aliphatic carbocycles. The second-order valence-corrected chi connectivity index (χ2v) is 30.4. The fourth-order valence-corrected chi connectivity index (χ4v) is 19.4. The zero-order chi connectivity index (χ0) is 73.0. The first kappa shape index (κ1) is 64.0. The molecule has 24 aromatic rings. The molecule has 24 rings (SSSR count). The van der Waals surface area contributed by atoms with Crippen LogP contribution < -0.4 is 0 Å². The third-order valence-electron chi connectivity index (χ3n) is 21.2. The summed E-state index contributed by atoms with van der Waals surface area (Å²) < 4.78 is 14.2. The van der Waals surface area contributed by atoms with Crippen LogP contribution in [-0.2, 0) is 0 Å². The highest BCUT2D eigenvalue weighted by atomic mass is 32.1. The van der Waals surface area contributed by atoms with Gasteiger partial charge < -0.3 is 13.7 Å². The lowest BCUT2D eigenvalue weighted by Crippen LogP contribution is -1.94. The minimum atomic E-state index is 0.894. The molecule has 15 heteroatoms. The van der Waals surface area contributed by atoms with E-state index in [2.05, 4.69) is 315 Å². The molecule has 0 N–H and O–H groups in total. The summed E-state index contributed by atoms with van der Waals surface area (Å²) in [5.41, 5.74) is 20.5. The molecule has 0 unspecified atom stereocenters. The molecule has 0 atom stereocenters. The number of hydrogen-bond donors (Lipinski definition) is 0. The minimum absolute atomic E-state index is 0.894. The highest BCUT2D eigenvalue weighted by Gasteiger charge is 2.26. The van der Waals surface area contributed by atoms with Gasteiger partial charge in [-0.3, -0.25) is 28.7 Å². The minimum Gasteiger partial charge on any atom is -0.309 e. The molecular formula is C96H60N12S3. The number of hydrogen-bond acceptors (Lipinski definition) is 9. The van der Waals surface area contributed by atoms with Gasteiger partial charge in [0.25, 0.3) is 0 Å². The van der Waals surface area contributed by atoms with E-state index in [0.29, 0.717) is 0 Å². The Balaban J connectivity index is 0.000000102. The number of nitrogens with zero attached hydrogens (tertiary/aromatic N) is 12. The second kappa shape index (κ2) is 26.3. The maximum absolute atomic E-state index is 4.78. The predicted octanol–water partition coefficient (Wildman–Crippen LogP) is 25.2. The standard InChI is InChI=1S/3C32H20N4S/c1-2-10-21(11-3-1)35-27-16-7-5-13-24(27)30-28(35)18-17-23-22-12-4-6-15-26(22)36(31(23)30)29-20-34-32(37-29)25-14-8-9-19-33-25;1-2-10-21(11-3-1)35-26-15-6-4-12-22(26)23-17-18-28-30(31(23)35)24-13-5-7-16-27(24)36(28)29-20-34-32(37-29)25-14-8-9-19-33-25;1-2-10-21(11-3-1)35-27-15-6-4-12-22(27)24-19-30-25(18-29(24)35)23-13-5-7-16-28(23)36(30)31-20-34-32(37-31)26-14-8-9-17-33-26/h3*1-20H. The molecule has 12 aromatic carbocycles. The van der Waals surface area contributed by atoms with Crippen LogP contribution in [0.25, 0.3) is 195 Å². The summed E-state index contributed by atoms with van der Waals surface area (Å²) in [5.74, 6) is 0. The molecule has 12 nitrogen and oxygen atoms in total. The summed E-state index contributed by atoms with van der Waals surface area (Å²) in [5, 5.41) is 20.9. The number of rotatable bonds is 9. The van der Waals surface area contributed by atoms with E-state index >= 15 is 0 Å². The van der Waals surface area contributed by atoms with Crippen molar-refractivity contribution in [3.63, 3.8) is 0 Å². The van der Waals surface area contributed by atoms with Crippen LogP contribution in [0.2, 0.25) is 0 Å². The van der Waals surface area contributed by atoms with Crippen LogP contribution in [0.15, 0.2) is 365 Å². The van der Waals surface area contributed by atoms with Crippen LogP contribution in [-0.4, -0.2) is 57.3 Å². The van der Waals surface area contributed by atoms with Gasteiger partial charge in [0.1, 0.15) is 30.0 Å². The third kappa shape index (κ3) is 10.4. The average molecular weight is 1480 g/mol. The molecule has 0 fully saturated rings. The quantitative estimate of drug-likeness (QED) is 0.142. The van der Waals surface area contributed by atoms with Crippen LogP contribution in [0.4, 0.5) is 0 Å². The molecule has 0 saturated heterocycles.